The summed E-state index contributed by atoms with van der Waals surface area (Å²) in [5.41, 5.74) is 0.894. The van der Waals surface area contributed by atoms with Crippen molar-refractivity contribution in [1.29, 1.82) is 0 Å². The number of carbonyl (C=O) groups is 2. The zero-order chi connectivity index (χ0) is 14.5. The minimum Gasteiger partial charge on any atom is -0.469 e. The highest BCUT2D eigenvalue weighted by Gasteiger charge is 2.30. The van der Waals surface area contributed by atoms with Crippen molar-refractivity contribution in [2.24, 2.45) is 0 Å². The Hall–Kier alpha value is -1.88. The smallest absolute Gasteiger partial charge is 0.314 e. The molecule has 1 fully saturated rings. The van der Waals surface area contributed by atoms with Crippen molar-refractivity contribution in [1.82, 2.24) is 10.2 Å². The van der Waals surface area contributed by atoms with E-state index in [-0.39, 0.29) is 23.8 Å². The number of methoxy groups -OCH3 is 1. The van der Waals surface area contributed by atoms with Gasteiger partial charge in [0.25, 0.3) is 0 Å². The van der Waals surface area contributed by atoms with Crippen LogP contribution in [-0.2, 0) is 14.3 Å². The van der Waals surface area contributed by atoms with Gasteiger partial charge in [0.1, 0.15) is 0 Å². The van der Waals surface area contributed by atoms with E-state index in [0.29, 0.717) is 6.54 Å². The largest absolute Gasteiger partial charge is 0.469 e. The van der Waals surface area contributed by atoms with Crippen LogP contribution in [0.4, 0.5) is 0 Å². The lowest BCUT2D eigenvalue weighted by atomic mass is 9.99. The summed E-state index contributed by atoms with van der Waals surface area (Å²) in [6, 6.07) is 9.27. The predicted octanol–water partition coefficient (Wildman–Crippen LogP) is 0.763. The van der Waals surface area contributed by atoms with Crippen molar-refractivity contribution in [2.75, 3.05) is 27.2 Å². The SMILES string of the molecule is COC(=O)C(CNC1CCN(C)C1=O)c1ccccc1. The highest BCUT2D eigenvalue weighted by molar-refractivity contribution is 5.84. The van der Waals surface area contributed by atoms with E-state index in [0.717, 1.165) is 18.5 Å². The molecule has 2 atom stereocenters. The molecule has 1 heterocycles. The Balaban J connectivity index is 2.02. The molecule has 0 radical (unpaired) electrons. The summed E-state index contributed by atoms with van der Waals surface area (Å²) in [6.07, 6.45) is 0.776. The first-order chi connectivity index (χ1) is 9.63. The molecule has 1 N–H and O–H groups in total. The molecule has 0 aromatic heterocycles. The Kier molecular flexibility index (Phi) is 4.74. The number of ether oxygens (including phenoxy) is 1. The first kappa shape index (κ1) is 14.5. The lowest BCUT2D eigenvalue weighted by Crippen LogP contribution is -2.40. The van der Waals surface area contributed by atoms with Crippen molar-refractivity contribution in [3.05, 3.63) is 35.9 Å². The summed E-state index contributed by atoms with van der Waals surface area (Å²) in [5, 5.41) is 3.18. The molecular formula is C15H20N2O3. The molecule has 5 heteroatoms. The number of amides is 1. The van der Waals surface area contributed by atoms with E-state index in [1.807, 2.05) is 30.3 Å². The number of likely N-dealkylation sites (N-methyl/N-ethyl adjacent to an activating group) is 1. The molecule has 2 rings (SSSR count). The van der Waals surface area contributed by atoms with Crippen LogP contribution in [0.3, 0.4) is 0 Å². The Labute approximate surface area is 118 Å². The second-order valence-corrected chi connectivity index (χ2v) is 5.00. The molecule has 5 nitrogen and oxygen atoms in total. The standard InChI is InChI=1S/C15H20N2O3/c1-17-9-8-13(14(17)18)16-10-12(15(19)20-2)11-6-4-3-5-7-11/h3-7,12-13,16H,8-10H2,1-2H3. The van der Waals surface area contributed by atoms with Crippen molar-refractivity contribution in [3.63, 3.8) is 0 Å². The Morgan fingerprint density at radius 2 is 2.15 bits per heavy atom. The van der Waals surface area contributed by atoms with Gasteiger partial charge < -0.3 is 15.0 Å². The van der Waals surface area contributed by atoms with Gasteiger partial charge in [0.2, 0.25) is 5.91 Å². The van der Waals surface area contributed by atoms with Gasteiger partial charge in [-0.3, -0.25) is 9.59 Å². The third-order valence-electron chi connectivity index (χ3n) is 3.68. The molecule has 1 aliphatic heterocycles. The lowest BCUT2D eigenvalue weighted by molar-refractivity contribution is -0.142. The average Bonchev–Trinajstić information content (AvgIpc) is 2.80. The molecule has 1 aromatic rings. The predicted molar refractivity (Wildman–Crippen MR) is 75.2 cm³/mol. The van der Waals surface area contributed by atoms with Gasteiger partial charge >= 0.3 is 5.97 Å². The van der Waals surface area contributed by atoms with Crippen LogP contribution in [0.2, 0.25) is 0 Å². The summed E-state index contributed by atoms with van der Waals surface area (Å²) >= 11 is 0. The first-order valence-corrected chi connectivity index (χ1v) is 6.74. The van der Waals surface area contributed by atoms with E-state index >= 15 is 0 Å². The summed E-state index contributed by atoms with van der Waals surface area (Å²) in [5.74, 6) is -0.593. The Morgan fingerprint density at radius 1 is 1.45 bits per heavy atom. The number of carbonyl (C=O) groups excluding carboxylic acids is 2. The van der Waals surface area contributed by atoms with Crippen molar-refractivity contribution >= 4 is 11.9 Å². The molecule has 0 saturated carbocycles. The number of nitrogens with zero attached hydrogens (tertiary/aromatic N) is 1. The van der Waals surface area contributed by atoms with Crippen LogP contribution < -0.4 is 5.32 Å². The van der Waals surface area contributed by atoms with Crippen LogP contribution in [0.5, 0.6) is 0 Å². The van der Waals surface area contributed by atoms with E-state index in [1.54, 1.807) is 11.9 Å². The monoisotopic (exact) mass is 276 g/mol. The molecule has 108 valence electrons. The molecule has 20 heavy (non-hydrogen) atoms. The fraction of sp³-hybridized carbons (Fsp3) is 0.467. The van der Waals surface area contributed by atoms with Gasteiger partial charge in [-0.15, -0.1) is 0 Å². The molecule has 0 aliphatic carbocycles. The van der Waals surface area contributed by atoms with Crippen LogP contribution in [0.25, 0.3) is 0 Å². The van der Waals surface area contributed by atoms with Crippen molar-refractivity contribution in [2.45, 2.75) is 18.4 Å². The molecule has 2 unspecified atom stereocenters. The van der Waals surface area contributed by atoms with Crippen LogP contribution in [0.15, 0.2) is 30.3 Å². The number of hydrogen-bond donors (Lipinski definition) is 1. The van der Waals surface area contributed by atoms with E-state index in [4.69, 9.17) is 4.74 Å². The van der Waals surface area contributed by atoms with E-state index in [9.17, 15) is 9.59 Å². The van der Waals surface area contributed by atoms with Crippen molar-refractivity contribution in [3.8, 4) is 0 Å². The summed E-state index contributed by atoms with van der Waals surface area (Å²) in [7, 11) is 3.17. The topological polar surface area (TPSA) is 58.6 Å². The highest BCUT2D eigenvalue weighted by Crippen LogP contribution is 2.17. The second kappa shape index (κ2) is 6.52. The fourth-order valence-electron chi connectivity index (χ4n) is 2.44. The minimum absolute atomic E-state index is 0.0849. The maximum atomic E-state index is 11.9. The fourth-order valence-corrected chi connectivity index (χ4v) is 2.44. The maximum absolute atomic E-state index is 11.9. The van der Waals surface area contributed by atoms with E-state index in [1.165, 1.54) is 7.11 Å². The number of hydrogen-bond acceptors (Lipinski definition) is 4. The lowest BCUT2D eigenvalue weighted by Gasteiger charge is -2.18. The summed E-state index contributed by atoms with van der Waals surface area (Å²) in [6.45, 7) is 1.16. The molecule has 0 bridgehead atoms. The summed E-state index contributed by atoms with van der Waals surface area (Å²) in [4.78, 5) is 25.4. The Morgan fingerprint density at radius 3 is 2.70 bits per heavy atom. The van der Waals surface area contributed by atoms with Crippen LogP contribution in [-0.4, -0.2) is 50.1 Å². The second-order valence-electron chi connectivity index (χ2n) is 5.00. The van der Waals surface area contributed by atoms with Gasteiger partial charge in [-0.05, 0) is 12.0 Å². The van der Waals surface area contributed by atoms with Crippen LogP contribution in [0.1, 0.15) is 17.9 Å². The number of nitrogens with one attached hydrogen (secondary N) is 1. The van der Waals surface area contributed by atoms with Gasteiger partial charge in [-0.25, -0.2) is 0 Å². The third kappa shape index (κ3) is 3.17. The van der Waals surface area contributed by atoms with Crippen molar-refractivity contribution < 1.29 is 14.3 Å². The van der Waals surface area contributed by atoms with Crippen LogP contribution in [0, 0.1) is 0 Å². The van der Waals surface area contributed by atoms with Crippen LogP contribution >= 0.6 is 0 Å². The third-order valence-corrected chi connectivity index (χ3v) is 3.68. The number of rotatable bonds is 5. The molecule has 1 aromatic carbocycles. The molecule has 0 spiro atoms. The van der Waals surface area contributed by atoms with Gasteiger partial charge in [0, 0.05) is 20.1 Å². The van der Waals surface area contributed by atoms with Gasteiger partial charge in [-0.1, -0.05) is 30.3 Å². The quantitative estimate of drug-likeness (QED) is 0.807. The van der Waals surface area contributed by atoms with Gasteiger partial charge in [-0.2, -0.15) is 0 Å². The average molecular weight is 276 g/mol. The molecular weight excluding hydrogens is 256 g/mol. The zero-order valence-corrected chi connectivity index (χ0v) is 11.8. The molecule has 1 amide bonds. The van der Waals surface area contributed by atoms with Gasteiger partial charge in [0.05, 0.1) is 19.1 Å². The Bertz CT molecular complexity index is 475. The molecule has 1 saturated heterocycles. The number of esters is 1. The minimum atomic E-state index is -0.389. The van der Waals surface area contributed by atoms with E-state index < -0.39 is 0 Å². The number of likely N-dealkylation sites (tertiary alicyclic amines) is 1. The number of benzene rings is 1. The van der Waals surface area contributed by atoms with E-state index in [2.05, 4.69) is 5.32 Å². The summed E-state index contributed by atoms with van der Waals surface area (Å²) < 4.78 is 4.86. The maximum Gasteiger partial charge on any atom is 0.314 e. The molecule has 1 aliphatic rings. The first-order valence-electron chi connectivity index (χ1n) is 6.74. The normalized spacial score (nSPS) is 20.0. The van der Waals surface area contributed by atoms with Gasteiger partial charge in [0.15, 0.2) is 0 Å². The highest BCUT2D eigenvalue weighted by atomic mass is 16.5. The zero-order valence-electron chi connectivity index (χ0n) is 11.8.